The van der Waals surface area contributed by atoms with Gasteiger partial charge in [-0.15, -0.1) is 0 Å². The van der Waals surface area contributed by atoms with Gasteiger partial charge in [-0.25, -0.2) is 9.59 Å². The second-order valence-electron chi connectivity index (χ2n) is 6.02. The molecule has 2 rings (SSSR count). The first-order chi connectivity index (χ1) is 10.7. The van der Waals surface area contributed by atoms with E-state index in [-0.39, 0.29) is 13.2 Å². The second kappa shape index (κ2) is 6.54. The third-order valence-electron chi connectivity index (χ3n) is 2.90. The number of anilines is 1. The van der Waals surface area contributed by atoms with Crippen LogP contribution in [0, 0.1) is 0 Å². The summed E-state index contributed by atoms with van der Waals surface area (Å²) in [5.74, 6) is 0.362. The van der Waals surface area contributed by atoms with E-state index < -0.39 is 24.0 Å². The van der Waals surface area contributed by atoms with Crippen molar-refractivity contribution in [3.05, 3.63) is 23.2 Å². The maximum atomic E-state index is 11.6. The highest BCUT2D eigenvalue weighted by Crippen LogP contribution is 2.35. The average Bonchev–Trinajstić information content (AvgIpc) is 2.42. The lowest BCUT2D eigenvalue weighted by molar-refractivity contribution is -0.0211. The highest BCUT2D eigenvalue weighted by Gasteiger charge is 2.31. The first-order valence-electron chi connectivity index (χ1n) is 6.98. The van der Waals surface area contributed by atoms with Crippen LogP contribution in [0.5, 0.6) is 5.75 Å². The van der Waals surface area contributed by atoms with Gasteiger partial charge < -0.3 is 19.3 Å². The van der Waals surface area contributed by atoms with Crippen molar-refractivity contribution in [2.45, 2.75) is 32.5 Å². The van der Waals surface area contributed by atoms with Crippen molar-refractivity contribution in [1.82, 2.24) is 0 Å². The molecule has 0 saturated carbocycles. The zero-order chi connectivity index (χ0) is 17.2. The van der Waals surface area contributed by atoms with E-state index in [1.807, 2.05) is 0 Å². The Morgan fingerprint density at radius 3 is 2.74 bits per heavy atom. The van der Waals surface area contributed by atoms with E-state index in [1.54, 1.807) is 32.9 Å². The molecule has 0 unspecified atom stereocenters. The summed E-state index contributed by atoms with van der Waals surface area (Å²) in [6.45, 7) is 5.05. The van der Waals surface area contributed by atoms with Crippen molar-refractivity contribution in [3.63, 3.8) is 0 Å². The zero-order valence-corrected chi connectivity index (χ0v) is 13.8. The van der Waals surface area contributed by atoms with Crippen molar-refractivity contribution in [2.75, 3.05) is 18.1 Å². The maximum absolute atomic E-state index is 11.6. The second-order valence-corrected chi connectivity index (χ2v) is 6.46. The average molecular weight is 344 g/mol. The summed E-state index contributed by atoms with van der Waals surface area (Å²) in [5.41, 5.74) is -0.306. The van der Waals surface area contributed by atoms with E-state index in [0.717, 1.165) is 4.90 Å². The molecule has 1 aromatic rings. The Morgan fingerprint density at radius 1 is 1.43 bits per heavy atom. The van der Waals surface area contributed by atoms with Crippen LogP contribution in [-0.4, -0.2) is 42.2 Å². The highest BCUT2D eigenvalue weighted by atomic mass is 35.5. The molecule has 1 amide bonds. The van der Waals surface area contributed by atoms with Crippen LogP contribution in [0.15, 0.2) is 18.2 Å². The Labute approximate surface area is 138 Å². The van der Waals surface area contributed by atoms with Crippen molar-refractivity contribution in [2.24, 2.45) is 0 Å². The molecule has 126 valence electrons. The van der Waals surface area contributed by atoms with Crippen LogP contribution in [0.4, 0.5) is 15.3 Å². The van der Waals surface area contributed by atoms with E-state index in [2.05, 4.69) is 0 Å². The summed E-state index contributed by atoms with van der Waals surface area (Å²) in [6.07, 6.45) is -2.60. The topological polar surface area (TPSA) is 85.3 Å². The normalized spacial score (nSPS) is 17.0. The Bertz CT molecular complexity index is 612. The van der Waals surface area contributed by atoms with E-state index in [0.29, 0.717) is 16.5 Å². The molecule has 0 radical (unpaired) electrons. The van der Waals surface area contributed by atoms with E-state index in [1.165, 1.54) is 6.07 Å². The van der Waals surface area contributed by atoms with Crippen LogP contribution in [0.1, 0.15) is 20.8 Å². The minimum absolute atomic E-state index is 0.0193. The molecule has 1 heterocycles. The first-order valence-corrected chi connectivity index (χ1v) is 7.36. The molecule has 0 saturated heterocycles. The molecule has 0 spiro atoms. The number of carbonyl (C=O) groups is 2. The third kappa shape index (κ3) is 4.66. The Hall–Kier alpha value is -2.15. The van der Waals surface area contributed by atoms with Gasteiger partial charge in [-0.1, -0.05) is 11.6 Å². The van der Waals surface area contributed by atoms with Gasteiger partial charge in [-0.3, -0.25) is 4.90 Å². The van der Waals surface area contributed by atoms with Gasteiger partial charge in [0.25, 0.3) is 0 Å². The minimum Gasteiger partial charge on any atom is -0.483 e. The van der Waals surface area contributed by atoms with Gasteiger partial charge in [-0.05, 0) is 39.0 Å². The standard InChI is InChI=1S/C15H18ClNO6/c1-15(2,3)23-14(20)21-8-10-7-17(13(18)19)11-6-9(16)4-5-12(11)22-10/h4-6,10H,7-8H2,1-3H3,(H,18,19)/t10-/m1/s1. The number of halogens is 1. The van der Waals surface area contributed by atoms with Crippen LogP contribution < -0.4 is 9.64 Å². The molecular weight excluding hydrogens is 326 g/mol. The zero-order valence-electron chi connectivity index (χ0n) is 13.0. The third-order valence-corrected chi connectivity index (χ3v) is 3.13. The number of amides is 1. The van der Waals surface area contributed by atoms with Gasteiger partial charge in [0.05, 0.1) is 12.2 Å². The number of ether oxygens (including phenoxy) is 3. The van der Waals surface area contributed by atoms with E-state index >= 15 is 0 Å². The maximum Gasteiger partial charge on any atom is 0.508 e. The summed E-state index contributed by atoms with van der Waals surface area (Å²) in [5, 5.41) is 9.72. The van der Waals surface area contributed by atoms with Gasteiger partial charge in [-0.2, -0.15) is 0 Å². The molecule has 1 aliphatic rings. The number of carboxylic acid groups (broad SMARTS) is 1. The van der Waals surface area contributed by atoms with Crippen molar-refractivity contribution in [1.29, 1.82) is 0 Å². The molecule has 1 atom stereocenters. The van der Waals surface area contributed by atoms with E-state index in [9.17, 15) is 14.7 Å². The van der Waals surface area contributed by atoms with Crippen LogP contribution in [0.25, 0.3) is 0 Å². The lowest BCUT2D eigenvalue weighted by Crippen LogP contribution is -2.45. The van der Waals surface area contributed by atoms with E-state index in [4.69, 9.17) is 25.8 Å². The fraction of sp³-hybridized carbons (Fsp3) is 0.467. The molecule has 23 heavy (non-hydrogen) atoms. The number of carbonyl (C=O) groups excluding carboxylic acids is 1. The molecule has 0 aliphatic carbocycles. The summed E-state index contributed by atoms with van der Waals surface area (Å²) < 4.78 is 15.7. The van der Waals surface area contributed by atoms with Gasteiger partial charge >= 0.3 is 12.2 Å². The lowest BCUT2D eigenvalue weighted by atomic mass is 10.2. The summed E-state index contributed by atoms with van der Waals surface area (Å²) >= 11 is 5.89. The van der Waals surface area contributed by atoms with Crippen molar-refractivity contribution in [3.8, 4) is 5.75 Å². The predicted octanol–water partition coefficient (Wildman–Crippen LogP) is 3.54. The smallest absolute Gasteiger partial charge is 0.483 e. The summed E-state index contributed by atoms with van der Waals surface area (Å²) in [7, 11) is 0. The predicted molar refractivity (Wildman–Crippen MR) is 83.4 cm³/mol. The summed E-state index contributed by atoms with van der Waals surface area (Å²) in [4.78, 5) is 24.1. The van der Waals surface area contributed by atoms with Gasteiger partial charge in [0.1, 0.15) is 18.0 Å². The van der Waals surface area contributed by atoms with Crippen LogP contribution in [0.2, 0.25) is 5.02 Å². The van der Waals surface area contributed by atoms with Gasteiger partial charge in [0, 0.05) is 5.02 Å². The number of nitrogens with zero attached hydrogens (tertiary/aromatic N) is 1. The number of hydrogen-bond acceptors (Lipinski definition) is 5. The molecule has 8 heteroatoms. The van der Waals surface area contributed by atoms with Crippen molar-refractivity contribution < 1.29 is 28.9 Å². The van der Waals surface area contributed by atoms with Crippen molar-refractivity contribution >= 4 is 29.5 Å². The fourth-order valence-electron chi connectivity index (χ4n) is 2.03. The fourth-order valence-corrected chi connectivity index (χ4v) is 2.19. The Kier molecular flexibility index (Phi) is 4.89. The van der Waals surface area contributed by atoms with Gasteiger partial charge in [0.2, 0.25) is 0 Å². The Balaban J connectivity index is 2.05. The SMILES string of the molecule is CC(C)(C)OC(=O)OC[C@H]1CN(C(=O)O)c2cc(Cl)ccc2O1. The van der Waals surface area contributed by atoms with Crippen LogP contribution >= 0.6 is 11.6 Å². The monoisotopic (exact) mass is 343 g/mol. The molecule has 0 aromatic heterocycles. The quantitative estimate of drug-likeness (QED) is 0.827. The number of fused-ring (bicyclic) bond motifs is 1. The molecule has 0 bridgehead atoms. The molecule has 0 fully saturated rings. The minimum atomic E-state index is -1.14. The van der Waals surface area contributed by atoms with Crippen LogP contribution in [0.3, 0.4) is 0 Å². The Morgan fingerprint density at radius 2 is 2.13 bits per heavy atom. The lowest BCUT2D eigenvalue weighted by Gasteiger charge is -2.33. The molecule has 7 nitrogen and oxygen atoms in total. The molecule has 1 N–H and O–H groups in total. The number of benzene rings is 1. The molecule has 1 aromatic carbocycles. The van der Waals surface area contributed by atoms with Crippen LogP contribution in [-0.2, 0) is 9.47 Å². The number of rotatable bonds is 2. The highest BCUT2D eigenvalue weighted by molar-refractivity contribution is 6.31. The summed E-state index contributed by atoms with van der Waals surface area (Å²) in [6, 6.07) is 4.68. The first kappa shape index (κ1) is 17.2. The van der Waals surface area contributed by atoms with Gasteiger partial charge in [0.15, 0.2) is 6.10 Å². The molecule has 1 aliphatic heterocycles. The molecular formula is C15H18ClNO6. The number of hydrogen-bond donors (Lipinski definition) is 1. The largest absolute Gasteiger partial charge is 0.508 e.